The molecule has 0 aromatic heterocycles. The lowest BCUT2D eigenvalue weighted by molar-refractivity contribution is -0.138. The Labute approximate surface area is 142 Å². The molecule has 0 amide bonds. The van der Waals surface area contributed by atoms with E-state index < -0.39 is 32.9 Å². The predicted octanol–water partition coefficient (Wildman–Crippen LogP) is 3.20. The second kappa shape index (κ2) is 6.06. The number of rotatable bonds is 5. The highest BCUT2D eigenvalue weighted by Gasteiger charge is 2.63. The molecule has 0 unspecified atom stereocenters. The third kappa shape index (κ3) is 2.84. The van der Waals surface area contributed by atoms with Gasteiger partial charge in [-0.05, 0) is 36.6 Å². The second-order valence-corrected chi connectivity index (χ2v) is 8.41. The van der Waals surface area contributed by atoms with Gasteiger partial charge >= 0.3 is 5.97 Å². The molecule has 5 heteroatoms. The van der Waals surface area contributed by atoms with Crippen LogP contribution in [0.2, 0.25) is 0 Å². The van der Waals surface area contributed by atoms with Crippen LogP contribution in [0.4, 0.5) is 0 Å². The summed E-state index contributed by atoms with van der Waals surface area (Å²) in [6.07, 6.45) is 0.887. The minimum absolute atomic E-state index is 0.192. The molecule has 3 atom stereocenters. The molecule has 3 rings (SSSR count). The van der Waals surface area contributed by atoms with Gasteiger partial charge in [-0.2, -0.15) is 0 Å². The van der Waals surface area contributed by atoms with E-state index in [1.807, 2.05) is 38.1 Å². The van der Waals surface area contributed by atoms with Crippen molar-refractivity contribution < 1.29 is 18.3 Å². The van der Waals surface area contributed by atoms with E-state index in [1.54, 1.807) is 24.3 Å². The smallest absolute Gasteiger partial charge is 0.308 e. The van der Waals surface area contributed by atoms with Gasteiger partial charge in [0.25, 0.3) is 0 Å². The fourth-order valence-electron chi connectivity index (χ4n) is 3.22. The van der Waals surface area contributed by atoms with E-state index in [0.717, 1.165) is 23.1 Å². The zero-order chi connectivity index (χ0) is 17.5. The summed E-state index contributed by atoms with van der Waals surface area (Å²) in [5.41, 5.74) is 2.88. The minimum atomic E-state index is -3.67. The van der Waals surface area contributed by atoms with Crippen molar-refractivity contribution in [2.24, 2.45) is 5.92 Å². The molecule has 4 nitrogen and oxygen atoms in total. The molecule has 1 aliphatic carbocycles. The highest BCUT2D eigenvalue weighted by molar-refractivity contribution is 7.92. The van der Waals surface area contributed by atoms with E-state index in [0.29, 0.717) is 0 Å². The summed E-state index contributed by atoms with van der Waals surface area (Å²) in [6.45, 7) is 3.92. The third-order valence-electron chi connectivity index (χ3n) is 4.72. The molecule has 0 heterocycles. The number of aliphatic carboxylic acids is 1. The molecule has 2 aromatic rings. The van der Waals surface area contributed by atoms with Crippen LogP contribution in [0.5, 0.6) is 0 Å². The monoisotopic (exact) mass is 344 g/mol. The molecular formula is C19H20O4S. The summed E-state index contributed by atoms with van der Waals surface area (Å²) in [5.74, 6) is -2.43. The Morgan fingerprint density at radius 3 is 2.12 bits per heavy atom. The first-order valence-electron chi connectivity index (χ1n) is 7.98. The van der Waals surface area contributed by atoms with Gasteiger partial charge in [-0.3, -0.25) is 4.79 Å². The Morgan fingerprint density at radius 1 is 1.04 bits per heavy atom. The molecule has 1 saturated carbocycles. The zero-order valence-corrected chi connectivity index (χ0v) is 14.5. The third-order valence-corrected chi connectivity index (χ3v) is 6.95. The van der Waals surface area contributed by atoms with E-state index in [-0.39, 0.29) is 4.90 Å². The highest BCUT2D eigenvalue weighted by Crippen LogP contribution is 2.54. The predicted molar refractivity (Wildman–Crippen MR) is 91.8 cm³/mol. The van der Waals surface area contributed by atoms with E-state index in [2.05, 4.69) is 0 Å². The molecule has 0 saturated heterocycles. The van der Waals surface area contributed by atoms with Crippen molar-refractivity contribution in [3.63, 3.8) is 0 Å². The number of aryl methyl sites for hydroxylation is 2. The first-order chi connectivity index (χ1) is 11.4. The van der Waals surface area contributed by atoms with Crippen molar-refractivity contribution in [2.75, 3.05) is 0 Å². The Morgan fingerprint density at radius 2 is 1.62 bits per heavy atom. The van der Waals surface area contributed by atoms with Crippen LogP contribution in [0.25, 0.3) is 0 Å². The lowest BCUT2D eigenvalue weighted by atomic mass is 10.1. The van der Waals surface area contributed by atoms with Crippen LogP contribution in [-0.4, -0.2) is 24.7 Å². The minimum Gasteiger partial charge on any atom is -0.481 e. The van der Waals surface area contributed by atoms with Gasteiger partial charge in [-0.1, -0.05) is 48.9 Å². The number of sulfone groups is 1. The number of hydrogen-bond donors (Lipinski definition) is 1. The summed E-state index contributed by atoms with van der Waals surface area (Å²) < 4.78 is 25.7. The molecule has 0 aliphatic heterocycles. The van der Waals surface area contributed by atoms with Gasteiger partial charge in [0.1, 0.15) is 0 Å². The van der Waals surface area contributed by atoms with Crippen molar-refractivity contribution >= 4 is 15.8 Å². The van der Waals surface area contributed by atoms with E-state index in [1.165, 1.54) is 0 Å². The normalized spacial score (nSPS) is 23.0. The van der Waals surface area contributed by atoms with Gasteiger partial charge in [0.2, 0.25) is 0 Å². The zero-order valence-electron chi connectivity index (χ0n) is 13.6. The van der Waals surface area contributed by atoms with Crippen LogP contribution in [0.3, 0.4) is 0 Å². The summed E-state index contributed by atoms with van der Waals surface area (Å²) in [4.78, 5) is 11.7. The number of hydrogen-bond acceptors (Lipinski definition) is 3. The highest BCUT2D eigenvalue weighted by atomic mass is 32.2. The van der Waals surface area contributed by atoms with Crippen LogP contribution in [0, 0.1) is 12.8 Å². The van der Waals surface area contributed by atoms with Crippen LogP contribution in [-0.2, 0) is 21.1 Å². The Kier molecular flexibility index (Phi) is 4.22. The first-order valence-corrected chi connectivity index (χ1v) is 9.53. The maximum Gasteiger partial charge on any atom is 0.308 e. The molecule has 1 aliphatic rings. The maximum atomic E-state index is 12.9. The van der Waals surface area contributed by atoms with Gasteiger partial charge in [0.15, 0.2) is 9.84 Å². The molecule has 126 valence electrons. The van der Waals surface area contributed by atoms with Crippen LogP contribution in [0.1, 0.15) is 29.5 Å². The average Bonchev–Trinajstić information content (AvgIpc) is 3.32. The van der Waals surface area contributed by atoms with Gasteiger partial charge in [-0.15, -0.1) is 0 Å². The number of carboxylic acids is 1. The number of benzene rings is 2. The van der Waals surface area contributed by atoms with Crippen molar-refractivity contribution in [3.05, 3.63) is 65.2 Å². The fourth-order valence-corrected chi connectivity index (χ4v) is 5.34. The molecule has 0 radical (unpaired) electrons. The summed E-state index contributed by atoms with van der Waals surface area (Å²) in [7, 11) is -3.67. The molecule has 0 spiro atoms. The van der Waals surface area contributed by atoms with Crippen LogP contribution >= 0.6 is 0 Å². The average molecular weight is 344 g/mol. The van der Waals surface area contributed by atoms with Crippen LogP contribution in [0.15, 0.2) is 53.4 Å². The van der Waals surface area contributed by atoms with E-state index in [9.17, 15) is 18.3 Å². The summed E-state index contributed by atoms with van der Waals surface area (Å²) in [6, 6.07) is 14.1. The molecular weight excluding hydrogens is 324 g/mol. The standard InChI is InChI=1S/C19H20O4S/c1-3-13-6-8-14(9-7-13)16-17(19(20)21)18(16)24(22,23)15-10-4-12(2)5-11-15/h4-11,16-18H,3H2,1-2H3,(H,20,21)/t16-,17+,18+/m0/s1. The van der Waals surface area contributed by atoms with Gasteiger partial charge in [0.05, 0.1) is 16.1 Å². The first kappa shape index (κ1) is 16.7. The van der Waals surface area contributed by atoms with Gasteiger partial charge in [0, 0.05) is 5.92 Å². The van der Waals surface area contributed by atoms with Crippen molar-refractivity contribution in [1.29, 1.82) is 0 Å². The lowest BCUT2D eigenvalue weighted by Crippen LogP contribution is -2.13. The largest absolute Gasteiger partial charge is 0.481 e. The maximum absolute atomic E-state index is 12.9. The molecule has 1 fully saturated rings. The second-order valence-electron chi connectivity index (χ2n) is 6.31. The summed E-state index contributed by atoms with van der Waals surface area (Å²) >= 11 is 0. The topological polar surface area (TPSA) is 71.4 Å². The van der Waals surface area contributed by atoms with Crippen molar-refractivity contribution in [1.82, 2.24) is 0 Å². The number of carboxylic acid groups (broad SMARTS) is 1. The lowest BCUT2D eigenvalue weighted by Gasteiger charge is -2.05. The van der Waals surface area contributed by atoms with Crippen molar-refractivity contribution in [2.45, 2.75) is 36.3 Å². The Balaban J connectivity index is 1.96. The molecule has 0 bridgehead atoms. The summed E-state index contributed by atoms with van der Waals surface area (Å²) in [5, 5.41) is 8.55. The Bertz CT molecular complexity index is 851. The van der Waals surface area contributed by atoms with E-state index in [4.69, 9.17) is 0 Å². The van der Waals surface area contributed by atoms with Crippen molar-refractivity contribution in [3.8, 4) is 0 Å². The molecule has 1 N–H and O–H groups in total. The fraction of sp³-hybridized carbons (Fsp3) is 0.316. The SMILES string of the molecule is CCc1ccc([C@H]2[C@@H](C(=O)O)[C@@H]2S(=O)(=O)c2ccc(C)cc2)cc1. The van der Waals surface area contributed by atoms with Gasteiger partial charge < -0.3 is 5.11 Å². The Hall–Kier alpha value is -2.14. The molecule has 24 heavy (non-hydrogen) atoms. The quantitative estimate of drug-likeness (QED) is 0.904. The van der Waals surface area contributed by atoms with Gasteiger partial charge in [-0.25, -0.2) is 8.42 Å². The van der Waals surface area contributed by atoms with Crippen LogP contribution < -0.4 is 0 Å². The number of carbonyl (C=O) groups is 1. The molecule has 2 aromatic carbocycles. The van der Waals surface area contributed by atoms with E-state index >= 15 is 0 Å².